The van der Waals surface area contributed by atoms with Crippen molar-refractivity contribution in [3.8, 4) is 5.75 Å². The fourth-order valence-electron chi connectivity index (χ4n) is 4.65. The molecular formula is C23H24F3N3O4S. The van der Waals surface area contributed by atoms with E-state index in [9.17, 15) is 28.2 Å². The predicted octanol–water partition coefficient (Wildman–Crippen LogP) is 2.42. The van der Waals surface area contributed by atoms with E-state index in [1.165, 1.54) is 12.1 Å². The number of fused-ring (bicyclic) bond motifs is 1. The van der Waals surface area contributed by atoms with Crippen molar-refractivity contribution in [2.75, 3.05) is 11.9 Å². The third-order valence-electron chi connectivity index (χ3n) is 6.15. The quantitative estimate of drug-likeness (QED) is 0.550. The molecule has 1 aliphatic heterocycles. The van der Waals surface area contributed by atoms with E-state index in [0.29, 0.717) is 12.2 Å². The number of rotatable bonds is 5. The van der Waals surface area contributed by atoms with Crippen molar-refractivity contribution in [2.45, 2.75) is 43.6 Å². The van der Waals surface area contributed by atoms with Crippen LogP contribution < -0.4 is 15.0 Å². The smallest absolute Gasteiger partial charge is 0.406 e. The molecule has 1 amide bonds. The molecule has 1 saturated heterocycles. The zero-order chi connectivity index (χ0) is 24.6. The highest BCUT2D eigenvalue weighted by Gasteiger charge is 2.54. The van der Waals surface area contributed by atoms with Crippen molar-refractivity contribution in [2.24, 2.45) is 5.92 Å². The highest BCUT2D eigenvalue weighted by molar-refractivity contribution is 7.80. The average molecular weight is 496 g/mol. The summed E-state index contributed by atoms with van der Waals surface area (Å²) in [6.07, 6.45) is -7.12. The van der Waals surface area contributed by atoms with Crippen LogP contribution in [0.2, 0.25) is 0 Å². The second-order valence-corrected chi connectivity index (χ2v) is 8.84. The third kappa shape index (κ3) is 4.96. The Hall–Kier alpha value is -2.89. The first-order valence-corrected chi connectivity index (χ1v) is 11.1. The SMILES string of the molecule is CN(Cc1ccccc1)C(=O)C1CC(O)C(O)C2NC(=S)N(c3ccc(OC(F)(F)F)cc3)C12. The van der Waals surface area contributed by atoms with Gasteiger partial charge >= 0.3 is 6.36 Å². The maximum atomic E-state index is 13.5. The molecule has 2 fully saturated rings. The summed E-state index contributed by atoms with van der Waals surface area (Å²) < 4.78 is 41.5. The molecule has 0 spiro atoms. The number of benzene rings is 2. The van der Waals surface area contributed by atoms with E-state index in [4.69, 9.17) is 12.2 Å². The fourth-order valence-corrected chi connectivity index (χ4v) is 5.02. The monoisotopic (exact) mass is 495 g/mol. The summed E-state index contributed by atoms with van der Waals surface area (Å²) in [6.45, 7) is 0.355. The Morgan fingerprint density at radius 2 is 1.82 bits per heavy atom. The molecule has 1 heterocycles. The molecular weight excluding hydrogens is 471 g/mol. The number of amides is 1. The number of thiocarbonyl (C=S) groups is 1. The number of nitrogens with zero attached hydrogens (tertiary/aromatic N) is 2. The molecule has 34 heavy (non-hydrogen) atoms. The van der Waals surface area contributed by atoms with Crippen LogP contribution >= 0.6 is 12.2 Å². The van der Waals surface area contributed by atoms with Crippen molar-refractivity contribution in [1.82, 2.24) is 10.2 Å². The van der Waals surface area contributed by atoms with Crippen LogP contribution in [0.4, 0.5) is 18.9 Å². The lowest BCUT2D eigenvalue weighted by Gasteiger charge is -2.42. The second-order valence-electron chi connectivity index (χ2n) is 8.46. The molecule has 7 nitrogen and oxygen atoms in total. The van der Waals surface area contributed by atoms with Crippen molar-refractivity contribution in [3.05, 3.63) is 60.2 Å². The van der Waals surface area contributed by atoms with E-state index in [2.05, 4.69) is 10.1 Å². The van der Waals surface area contributed by atoms with Gasteiger partial charge in [0.15, 0.2) is 5.11 Å². The predicted molar refractivity (Wildman–Crippen MR) is 122 cm³/mol. The van der Waals surface area contributed by atoms with Gasteiger partial charge in [0.2, 0.25) is 5.91 Å². The van der Waals surface area contributed by atoms with Gasteiger partial charge in [-0.05, 0) is 48.5 Å². The number of carbonyl (C=O) groups excluding carboxylic acids is 1. The standard InChI is InChI=1S/C23H24F3N3O4S/c1-28(12-13-5-3-2-4-6-13)21(32)16-11-17(30)20(31)18-19(16)29(22(34)27-18)14-7-9-15(10-8-14)33-23(24,25)26/h2-10,16-20,30-31H,11-12H2,1H3,(H,27,34). The van der Waals surface area contributed by atoms with Gasteiger partial charge in [-0.15, -0.1) is 13.2 Å². The first kappa shape index (κ1) is 24.2. The number of ether oxygens (including phenoxy) is 1. The highest BCUT2D eigenvalue weighted by Crippen LogP contribution is 2.38. The molecule has 0 bridgehead atoms. The van der Waals surface area contributed by atoms with E-state index in [1.54, 1.807) is 16.8 Å². The van der Waals surface area contributed by atoms with E-state index < -0.39 is 36.6 Å². The molecule has 1 aliphatic carbocycles. The zero-order valence-corrected chi connectivity index (χ0v) is 19.0. The molecule has 3 N–H and O–H groups in total. The zero-order valence-electron chi connectivity index (χ0n) is 18.1. The van der Waals surface area contributed by atoms with Crippen LogP contribution in [0.3, 0.4) is 0 Å². The second kappa shape index (κ2) is 9.40. The lowest BCUT2D eigenvalue weighted by molar-refractivity contribution is -0.274. The van der Waals surface area contributed by atoms with Gasteiger partial charge in [0.05, 0.1) is 24.1 Å². The molecule has 4 rings (SSSR count). The van der Waals surface area contributed by atoms with Gasteiger partial charge in [-0.25, -0.2) is 0 Å². The van der Waals surface area contributed by atoms with Gasteiger partial charge in [0.25, 0.3) is 0 Å². The molecule has 11 heteroatoms. The highest BCUT2D eigenvalue weighted by atomic mass is 32.1. The number of hydrogen-bond donors (Lipinski definition) is 3. The van der Waals surface area contributed by atoms with Crippen LogP contribution in [0.1, 0.15) is 12.0 Å². The minimum absolute atomic E-state index is 0.0103. The summed E-state index contributed by atoms with van der Waals surface area (Å²) in [7, 11) is 1.66. The number of hydrogen-bond acceptors (Lipinski definition) is 5. The minimum atomic E-state index is -4.82. The molecule has 5 atom stereocenters. The minimum Gasteiger partial charge on any atom is -0.406 e. The van der Waals surface area contributed by atoms with Crippen LogP contribution in [-0.2, 0) is 11.3 Å². The largest absolute Gasteiger partial charge is 0.573 e. The Kier molecular flexibility index (Phi) is 6.70. The van der Waals surface area contributed by atoms with Crippen molar-refractivity contribution >= 4 is 28.9 Å². The van der Waals surface area contributed by atoms with E-state index in [0.717, 1.165) is 17.7 Å². The summed E-state index contributed by atoms with van der Waals surface area (Å²) in [5.41, 5.74) is 1.37. The topological polar surface area (TPSA) is 85.3 Å². The van der Waals surface area contributed by atoms with Gasteiger partial charge in [-0.3, -0.25) is 4.79 Å². The van der Waals surface area contributed by atoms with Crippen LogP contribution in [0.25, 0.3) is 0 Å². The Labute approximate surface area is 199 Å². The Morgan fingerprint density at radius 1 is 1.18 bits per heavy atom. The first-order valence-electron chi connectivity index (χ1n) is 10.7. The van der Waals surface area contributed by atoms with Gasteiger partial charge in [0.1, 0.15) is 11.9 Å². The fraction of sp³-hybridized carbons (Fsp3) is 0.391. The molecule has 5 unspecified atom stereocenters. The molecule has 2 aliphatic rings. The molecule has 2 aromatic rings. The summed E-state index contributed by atoms with van der Waals surface area (Å²) >= 11 is 5.45. The maximum absolute atomic E-state index is 13.5. The normalized spacial score (nSPS) is 26.6. The van der Waals surface area contributed by atoms with Crippen LogP contribution in [-0.4, -0.2) is 63.8 Å². The molecule has 1 saturated carbocycles. The summed E-state index contributed by atoms with van der Waals surface area (Å²) in [4.78, 5) is 16.7. The number of carbonyl (C=O) groups is 1. The number of alkyl halides is 3. The summed E-state index contributed by atoms with van der Waals surface area (Å²) in [6, 6.07) is 13.2. The number of anilines is 1. The van der Waals surface area contributed by atoms with Gasteiger partial charge in [0, 0.05) is 19.3 Å². The van der Waals surface area contributed by atoms with E-state index in [-0.39, 0.29) is 23.2 Å². The van der Waals surface area contributed by atoms with Gasteiger partial charge in [-0.1, -0.05) is 30.3 Å². The Bertz CT molecular complexity index is 1040. The van der Waals surface area contributed by atoms with E-state index >= 15 is 0 Å². The van der Waals surface area contributed by atoms with E-state index in [1.807, 2.05) is 30.3 Å². The van der Waals surface area contributed by atoms with Crippen molar-refractivity contribution in [3.63, 3.8) is 0 Å². The number of nitrogens with one attached hydrogen (secondary N) is 1. The Morgan fingerprint density at radius 3 is 2.44 bits per heavy atom. The van der Waals surface area contributed by atoms with Gasteiger partial charge < -0.3 is 30.1 Å². The average Bonchev–Trinajstić information content (AvgIpc) is 3.13. The van der Waals surface area contributed by atoms with Crippen molar-refractivity contribution in [1.29, 1.82) is 0 Å². The Balaban J connectivity index is 1.61. The number of halogens is 3. The molecule has 0 aromatic heterocycles. The third-order valence-corrected chi connectivity index (χ3v) is 6.46. The molecule has 0 radical (unpaired) electrons. The summed E-state index contributed by atoms with van der Waals surface area (Å²) in [5, 5.41) is 24.2. The lowest BCUT2D eigenvalue weighted by atomic mass is 9.77. The number of aliphatic hydroxyl groups excluding tert-OH is 2. The van der Waals surface area contributed by atoms with Crippen LogP contribution in [0, 0.1) is 5.92 Å². The van der Waals surface area contributed by atoms with Crippen LogP contribution in [0.5, 0.6) is 5.75 Å². The molecule has 2 aromatic carbocycles. The first-order chi connectivity index (χ1) is 16.0. The van der Waals surface area contributed by atoms with Gasteiger partial charge in [-0.2, -0.15) is 0 Å². The number of aliphatic hydroxyl groups is 2. The molecule has 182 valence electrons. The lowest BCUT2D eigenvalue weighted by Crippen LogP contribution is -2.61. The van der Waals surface area contributed by atoms with Crippen LogP contribution in [0.15, 0.2) is 54.6 Å². The van der Waals surface area contributed by atoms with Crippen molar-refractivity contribution < 1.29 is 32.9 Å². The maximum Gasteiger partial charge on any atom is 0.573 e. The summed E-state index contributed by atoms with van der Waals surface area (Å²) in [5.74, 6) is -1.35.